The maximum absolute atomic E-state index is 13.3. The number of hydrogen-bond acceptors (Lipinski definition) is 5. The van der Waals surface area contributed by atoms with Gasteiger partial charge in [-0.3, -0.25) is 9.36 Å². The number of nitriles is 1. The second kappa shape index (κ2) is 8.68. The summed E-state index contributed by atoms with van der Waals surface area (Å²) in [5.74, 6) is 0.532. The maximum atomic E-state index is 13.3. The first kappa shape index (κ1) is 19.5. The lowest BCUT2D eigenvalue weighted by atomic mass is 10.1. The van der Waals surface area contributed by atoms with Crippen molar-refractivity contribution in [2.24, 2.45) is 0 Å². The fourth-order valence-corrected chi connectivity index (χ4v) is 3.54. The van der Waals surface area contributed by atoms with Gasteiger partial charge in [-0.15, -0.1) is 0 Å². The Morgan fingerprint density at radius 2 is 1.83 bits per heavy atom. The van der Waals surface area contributed by atoms with Crippen LogP contribution in [0.1, 0.15) is 17.0 Å². The van der Waals surface area contributed by atoms with Crippen LogP contribution in [0.4, 0.5) is 5.69 Å². The molecule has 4 rings (SSSR count). The molecule has 146 valence electrons. The maximum Gasteiger partial charge on any atom is 0.266 e. The number of nitrogens with zero attached hydrogens (tertiary/aromatic N) is 3. The molecule has 0 aliphatic heterocycles. The standard InChI is InChI=1S/C24H18N4OS/c1-30-27-19-5-4-6-20(15-19)28-23(14-13-17-9-11-18(16-25)12-10-17)26-22-8-3-2-7-21(22)24(28)29/h2-15,27H,1H3/b14-13+. The topological polar surface area (TPSA) is 70.7 Å². The minimum Gasteiger partial charge on any atom is -0.330 e. The molecular weight excluding hydrogens is 392 g/mol. The molecule has 0 saturated heterocycles. The summed E-state index contributed by atoms with van der Waals surface area (Å²) in [4.78, 5) is 18.1. The van der Waals surface area contributed by atoms with Crippen LogP contribution in [0, 0.1) is 11.3 Å². The quantitative estimate of drug-likeness (QED) is 0.463. The summed E-state index contributed by atoms with van der Waals surface area (Å²) < 4.78 is 4.82. The minimum atomic E-state index is -0.124. The molecule has 3 aromatic carbocycles. The van der Waals surface area contributed by atoms with Gasteiger partial charge >= 0.3 is 0 Å². The average molecular weight is 411 g/mol. The van der Waals surface area contributed by atoms with E-state index in [2.05, 4.69) is 10.8 Å². The molecule has 1 aromatic heterocycles. The summed E-state index contributed by atoms with van der Waals surface area (Å²) >= 11 is 1.49. The monoisotopic (exact) mass is 410 g/mol. The largest absolute Gasteiger partial charge is 0.330 e. The molecule has 0 fully saturated rings. The molecule has 0 radical (unpaired) electrons. The first-order chi connectivity index (χ1) is 14.7. The molecule has 0 amide bonds. The van der Waals surface area contributed by atoms with E-state index in [0.29, 0.717) is 22.3 Å². The molecule has 0 saturated carbocycles. The second-order valence-corrected chi connectivity index (χ2v) is 7.16. The lowest BCUT2D eigenvalue weighted by Gasteiger charge is -2.13. The highest BCUT2D eigenvalue weighted by atomic mass is 32.2. The lowest BCUT2D eigenvalue weighted by molar-refractivity contribution is 0.944. The van der Waals surface area contributed by atoms with Gasteiger partial charge in [0.25, 0.3) is 5.56 Å². The van der Waals surface area contributed by atoms with E-state index in [1.807, 2.05) is 73.0 Å². The van der Waals surface area contributed by atoms with Gasteiger partial charge in [0.05, 0.1) is 28.2 Å². The van der Waals surface area contributed by atoms with Crippen molar-refractivity contribution in [3.63, 3.8) is 0 Å². The van der Waals surface area contributed by atoms with E-state index in [4.69, 9.17) is 10.2 Å². The highest BCUT2D eigenvalue weighted by Gasteiger charge is 2.11. The zero-order chi connectivity index (χ0) is 20.9. The van der Waals surface area contributed by atoms with Gasteiger partial charge < -0.3 is 4.72 Å². The highest BCUT2D eigenvalue weighted by molar-refractivity contribution is 7.99. The van der Waals surface area contributed by atoms with Crippen LogP contribution in [0.25, 0.3) is 28.7 Å². The first-order valence-electron chi connectivity index (χ1n) is 9.29. The van der Waals surface area contributed by atoms with Crippen LogP contribution in [0.15, 0.2) is 77.6 Å². The van der Waals surface area contributed by atoms with Crippen LogP contribution < -0.4 is 10.3 Å². The van der Waals surface area contributed by atoms with E-state index in [1.54, 1.807) is 22.8 Å². The Balaban J connectivity index is 1.88. The van der Waals surface area contributed by atoms with Crippen LogP contribution in [0.5, 0.6) is 0 Å². The highest BCUT2D eigenvalue weighted by Crippen LogP contribution is 2.19. The van der Waals surface area contributed by atoms with Crippen molar-refractivity contribution < 1.29 is 0 Å². The molecule has 6 heteroatoms. The van der Waals surface area contributed by atoms with Crippen molar-refractivity contribution in [1.29, 1.82) is 5.26 Å². The van der Waals surface area contributed by atoms with E-state index in [9.17, 15) is 4.79 Å². The zero-order valence-electron chi connectivity index (χ0n) is 16.2. The predicted octanol–water partition coefficient (Wildman–Crippen LogP) is 5.12. The molecule has 0 aliphatic rings. The minimum absolute atomic E-state index is 0.124. The zero-order valence-corrected chi connectivity index (χ0v) is 17.1. The number of rotatable bonds is 5. The van der Waals surface area contributed by atoms with Crippen molar-refractivity contribution in [2.75, 3.05) is 11.0 Å². The Hall–Kier alpha value is -3.82. The third kappa shape index (κ3) is 3.97. The summed E-state index contributed by atoms with van der Waals surface area (Å²) in [6, 6.07) is 24.4. The molecule has 0 unspecified atom stereocenters. The van der Waals surface area contributed by atoms with Gasteiger partial charge in [0.2, 0.25) is 0 Å². The van der Waals surface area contributed by atoms with Crippen molar-refractivity contribution in [3.8, 4) is 11.8 Å². The smallest absolute Gasteiger partial charge is 0.266 e. The number of nitrogens with one attached hydrogen (secondary N) is 1. The fourth-order valence-electron chi connectivity index (χ4n) is 3.18. The third-order valence-electron chi connectivity index (χ3n) is 4.59. The molecule has 5 nitrogen and oxygen atoms in total. The fraction of sp³-hybridized carbons (Fsp3) is 0.0417. The van der Waals surface area contributed by atoms with E-state index in [0.717, 1.165) is 16.9 Å². The van der Waals surface area contributed by atoms with Crippen molar-refractivity contribution in [3.05, 3.63) is 100 Å². The summed E-state index contributed by atoms with van der Waals surface area (Å²) in [5, 5.41) is 9.53. The summed E-state index contributed by atoms with van der Waals surface area (Å²) in [6.45, 7) is 0. The van der Waals surface area contributed by atoms with Crippen LogP contribution in [-0.2, 0) is 0 Å². The second-order valence-electron chi connectivity index (χ2n) is 6.55. The Morgan fingerprint density at radius 1 is 1.03 bits per heavy atom. The van der Waals surface area contributed by atoms with E-state index in [-0.39, 0.29) is 5.56 Å². The summed E-state index contributed by atoms with van der Waals surface area (Å²) in [6.07, 6.45) is 5.66. The van der Waals surface area contributed by atoms with Gasteiger partial charge in [0, 0.05) is 11.9 Å². The molecular formula is C24H18N4OS. The molecule has 0 bridgehead atoms. The van der Waals surface area contributed by atoms with Crippen LogP contribution in [0.2, 0.25) is 0 Å². The Labute approximate surface area is 178 Å². The molecule has 30 heavy (non-hydrogen) atoms. The first-order valence-corrected chi connectivity index (χ1v) is 10.5. The SMILES string of the molecule is CSNc1cccc(-n2c(/C=C/c3ccc(C#N)cc3)nc3ccccc3c2=O)c1. The average Bonchev–Trinajstić information content (AvgIpc) is 2.78. The normalized spacial score (nSPS) is 10.9. The van der Waals surface area contributed by atoms with Gasteiger partial charge in [-0.05, 0) is 54.1 Å². The van der Waals surface area contributed by atoms with Crippen LogP contribution in [-0.4, -0.2) is 15.8 Å². The van der Waals surface area contributed by atoms with Crippen LogP contribution >= 0.6 is 11.9 Å². The lowest BCUT2D eigenvalue weighted by Crippen LogP contribution is -2.22. The number of para-hydroxylation sites is 1. The van der Waals surface area contributed by atoms with E-state index in [1.165, 1.54) is 11.9 Å². The summed E-state index contributed by atoms with van der Waals surface area (Å²) in [7, 11) is 0. The molecule has 4 aromatic rings. The van der Waals surface area contributed by atoms with Gasteiger partial charge in [-0.2, -0.15) is 5.26 Å². The van der Waals surface area contributed by atoms with Crippen molar-refractivity contribution in [1.82, 2.24) is 9.55 Å². The molecule has 0 atom stereocenters. The molecule has 1 heterocycles. The Bertz CT molecular complexity index is 1330. The number of fused-ring (bicyclic) bond motifs is 1. The Morgan fingerprint density at radius 3 is 2.60 bits per heavy atom. The van der Waals surface area contributed by atoms with Crippen LogP contribution in [0.3, 0.4) is 0 Å². The molecule has 0 spiro atoms. The van der Waals surface area contributed by atoms with Gasteiger partial charge in [-0.25, -0.2) is 4.98 Å². The number of anilines is 1. The summed E-state index contributed by atoms with van der Waals surface area (Å²) in [5.41, 5.74) is 3.68. The number of hydrogen-bond donors (Lipinski definition) is 1. The van der Waals surface area contributed by atoms with Crippen molar-refractivity contribution in [2.45, 2.75) is 0 Å². The van der Waals surface area contributed by atoms with Gasteiger partial charge in [0.15, 0.2) is 0 Å². The van der Waals surface area contributed by atoms with E-state index < -0.39 is 0 Å². The molecule has 1 N–H and O–H groups in total. The molecule has 0 aliphatic carbocycles. The van der Waals surface area contributed by atoms with Crippen molar-refractivity contribution >= 4 is 40.7 Å². The number of benzene rings is 3. The van der Waals surface area contributed by atoms with Gasteiger partial charge in [-0.1, -0.05) is 48.4 Å². The van der Waals surface area contributed by atoms with Gasteiger partial charge in [0.1, 0.15) is 5.82 Å². The predicted molar refractivity (Wildman–Crippen MR) is 125 cm³/mol. The number of aromatic nitrogens is 2. The third-order valence-corrected chi connectivity index (χ3v) is 5.03. The Kier molecular flexibility index (Phi) is 5.64. The van der Waals surface area contributed by atoms with E-state index >= 15 is 0 Å².